The molecule has 0 saturated heterocycles. The number of carbonyl (C=O) groups excluding carboxylic acids is 2. The number of allylic oxidation sites excluding steroid dienone is 2. The van der Waals surface area contributed by atoms with E-state index >= 15 is 0 Å². The van der Waals surface area contributed by atoms with E-state index in [4.69, 9.17) is 4.42 Å². The van der Waals surface area contributed by atoms with Gasteiger partial charge >= 0.3 is 5.97 Å². The van der Waals surface area contributed by atoms with Crippen LogP contribution >= 0.6 is 0 Å². The minimum absolute atomic E-state index is 0.141. The second-order valence-corrected chi connectivity index (χ2v) is 3.47. The van der Waals surface area contributed by atoms with E-state index in [2.05, 4.69) is 16.6 Å². The van der Waals surface area contributed by atoms with Gasteiger partial charge in [0.15, 0.2) is 5.76 Å². The Kier molecular flexibility index (Phi) is 5.90. The molecule has 0 radical (unpaired) electrons. The second-order valence-electron chi connectivity index (χ2n) is 3.47. The summed E-state index contributed by atoms with van der Waals surface area (Å²) in [5.74, 6) is 4.69. The van der Waals surface area contributed by atoms with Gasteiger partial charge in [0.05, 0.1) is 7.11 Å². The summed E-state index contributed by atoms with van der Waals surface area (Å²) in [6, 6.07) is 3.09. The van der Waals surface area contributed by atoms with Crippen molar-refractivity contribution in [3.8, 4) is 11.8 Å². The van der Waals surface area contributed by atoms with Gasteiger partial charge in [0.2, 0.25) is 0 Å². The highest BCUT2D eigenvalue weighted by Crippen LogP contribution is 2.10. The van der Waals surface area contributed by atoms with E-state index in [1.165, 1.54) is 25.3 Å². The van der Waals surface area contributed by atoms with Gasteiger partial charge in [-0.2, -0.15) is 0 Å². The van der Waals surface area contributed by atoms with Crippen molar-refractivity contribution in [1.29, 1.82) is 0 Å². The molecule has 0 fully saturated rings. The number of carbonyl (C=O) groups is 2. The van der Waals surface area contributed by atoms with E-state index in [1.807, 2.05) is 13.0 Å². The maximum atomic E-state index is 11.6. The van der Waals surface area contributed by atoms with Crippen LogP contribution in [0.15, 0.2) is 34.8 Å². The summed E-state index contributed by atoms with van der Waals surface area (Å²) in [4.78, 5) is 22.5. The number of methoxy groups -OCH3 is 1. The van der Waals surface area contributed by atoms with Crippen molar-refractivity contribution < 1.29 is 18.7 Å². The van der Waals surface area contributed by atoms with Crippen molar-refractivity contribution in [2.24, 2.45) is 0 Å². The predicted octanol–water partition coefficient (Wildman–Crippen LogP) is 2.62. The van der Waals surface area contributed by atoms with Gasteiger partial charge in [0, 0.05) is 6.08 Å². The molecule has 0 saturated carbocycles. The van der Waals surface area contributed by atoms with Crippen LogP contribution in [0.3, 0.4) is 0 Å². The number of furan rings is 1. The first-order chi connectivity index (χ1) is 9.17. The van der Waals surface area contributed by atoms with Crippen LogP contribution < -0.4 is 0 Å². The van der Waals surface area contributed by atoms with Crippen LogP contribution in [0.4, 0.5) is 0 Å². The molecule has 19 heavy (non-hydrogen) atoms. The number of rotatable bonds is 4. The van der Waals surface area contributed by atoms with Crippen LogP contribution in [-0.2, 0) is 9.53 Å². The molecule has 0 atom stereocenters. The zero-order chi connectivity index (χ0) is 14.1. The van der Waals surface area contributed by atoms with E-state index in [0.29, 0.717) is 5.76 Å². The van der Waals surface area contributed by atoms with E-state index in [0.717, 1.165) is 6.42 Å². The van der Waals surface area contributed by atoms with Gasteiger partial charge in [-0.05, 0) is 36.6 Å². The van der Waals surface area contributed by atoms with Gasteiger partial charge < -0.3 is 9.15 Å². The average molecular weight is 258 g/mol. The Bertz CT molecular complexity index is 564. The lowest BCUT2D eigenvalue weighted by Gasteiger charge is -1.88. The second kappa shape index (κ2) is 7.72. The Hall–Kier alpha value is -2.54. The summed E-state index contributed by atoms with van der Waals surface area (Å²) in [6.07, 6.45) is 6.98. The minimum Gasteiger partial charge on any atom is -0.466 e. The maximum absolute atomic E-state index is 11.6. The van der Waals surface area contributed by atoms with Crippen LogP contribution in [0, 0.1) is 11.8 Å². The van der Waals surface area contributed by atoms with Crippen LogP contribution in [0.25, 0.3) is 6.08 Å². The molecule has 98 valence electrons. The lowest BCUT2D eigenvalue weighted by molar-refractivity contribution is -0.134. The van der Waals surface area contributed by atoms with Crippen LogP contribution in [0.1, 0.15) is 29.7 Å². The zero-order valence-corrected chi connectivity index (χ0v) is 10.8. The van der Waals surface area contributed by atoms with Gasteiger partial charge in [-0.3, -0.25) is 4.79 Å². The Morgan fingerprint density at radius 3 is 2.89 bits per heavy atom. The molecule has 1 heterocycles. The molecular formula is C15H14O4. The predicted molar refractivity (Wildman–Crippen MR) is 71.3 cm³/mol. The lowest BCUT2D eigenvalue weighted by atomic mass is 10.3. The first-order valence-electron chi connectivity index (χ1n) is 5.74. The molecule has 0 bridgehead atoms. The van der Waals surface area contributed by atoms with Gasteiger partial charge in [0.25, 0.3) is 5.78 Å². The monoisotopic (exact) mass is 258 g/mol. The Morgan fingerprint density at radius 2 is 2.21 bits per heavy atom. The Labute approximate surface area is 111 Å². The molecule has 4 heteroatoms. The summed E-state index contributed by atoms with van der Waals surface area (Å²) < 4.78 is 9.66. The molecule has 0 unspecified atom stereocenters. The first-order valence-corrected chi connectivity index (χ1v) is 5.74. The molecule has 0 N–H and O–H groups in total. The fraction of sp³-hybridized carbons (Fsp3) is 0.200. The zero-order valence-electron chi connectivity index (χ0n) is 10.8. The number of ether oxygens (including phenoxy) is 1. The summed E-state index contributed by atoms with van der Waals surface area (Å²) in [5.41, 5.74) is 0. The Balaban J connectivity index is 2.70. The lowest BCUT2D eigenvalue weighted by Crippen LogP contribution is -1.93. The van der Waals surface area contributed by atoms with Gasteiger partial charge in [-0.1, -0.05) is 18.9 Å². The molecule has 1 aromatic heterocycles. The molecule has 1 aromatic rings. The van der Waals surface area contributed by atoms with Crippen molar-refractivity contribution in [2.45, 2.75) is 13.3 Å². The third kappa shape index (κ3) is 5.09. The number of Topliss-reactive ketones (excluding diaryl/α,β-unsaturated/α-hetero) is 1. The quantitative estimate of drug-likeness (QED) is 0.274. The van der Waals surface area contributed by atoms with Crippen LogP contribution in [0.5, 0.6) is 0 Å². The topological polar surface area (TPSA) is 56.5 Å². The molecule has 0 aliphatic carbocycles. The fourth-order valence-corrected chi connectivity index (χ4v) is 1.13. The van der Waals surface area contributed by atoms with Crippen LogP contribution in [-0.4, -0.2) is 18.9 Å². The van der Waals surface area contributed by atoms with E-state index in [-0.39, 0.29) is 5.76 Å². The molecule has 0 spiro atoms. The molecule has 4 nitrogen and oxygen atoms in total. The highest BCUT2D eigenvalue weighted by Gasteiger charge is 2.07. The minimum atomic E-state index is -0.492. The van der Waals surface area contributed by atoms with Gasteiger partial charge in [-0.25, -0.2) is 4.79 Å². The number of ketones is 1. The van der Waals surface area contributed by atoms with Gasteiger partial charge in [-0.15, -0.1) is 0 Å². The molecule has 1 rings (SSSR count). The number of hydrogen-bond donors (Lipinski definition) is 0. The van der Waals surface area contributed by atoms with E-state index < -0.39 is 11.8 Å². The van der Waals surface area contributed by atoms with Crippen molar-refractivity contribution in [2.75, 3.05) is 7.11 Å². The van der Waals surface area contributed by atoms with E-state index in [1.54, 1.807) is 12.1 Å². The first kappa shape index (κ1) is 14.5. The smallest absolute Gasteiger partial charge is 0.330 e. The third-order valence-electron chi connectivity index (χ3n) is 2.06. The molecule has 0 amide bonds. The van der Waals surface area contributed by atoms with Crippen molar-refractivity contribution in [1.82, 2.24) is 0 Å². The van der Waals surface area contributed by atoms with E-state index in [9.17, 15) is 9.59 Å². The summed E-state index contributed by atoms with van der Waals surface area (Å²) in [6.45, 7) is 1.98. The van der Waals surface area contributed by atoms with Crippen molar-refractivity contribution in [3.63, 3.8) is 0 Å². The third-order valence-corrected chi connectivity index (χ3v) is 2.06. The number of esters is 1. The standard InChI is InChI=1S/C15H14O4/c1-3-4-5-6-7-13(16)14-10-8-12(19-14)9-11-15(17)18-2/h4-5,8-11H,3H2,1-2H3/b5-4+,11-9+. The molecule has 0 aromatic carbocycles. The van der Waals surface area contributed by atoms with Crippen LogP contribution in [0.2, 0.25) is 0 Å². The molecule has 0 aliphatic heterocycles. The Morgan fingerprint density at radius 1 is 1.42 bits per heavy atom. The molecular weight excluding hydrogens is 244 g/mol. The van der Waals surface area contributed by atoms with Crippen molar-refractivity contribution in [3.05, 3.63) is 41.9 Å². The largest absolute Gasteiger partial charge is 0.466 e. The maximum Gasteiger partial charge on any atom is 0.330 e. The summed E-state index contributed by atoms with van der Waals surface area (Å²) in [7, 11) is 1.28. The summed E-state index contributed by atoms with van der Waals surface area (Å²) >= 11 is 0. The van der Waals surface area contributed by atoms with Crippen molar-refractivity contribution >= 4 is 17.8 Å². The highest BCUT2D eigenvalue weighted by molar-refractivity contribution is 6.07. The highest BCUT2D eigenvalue weighted by atomic mass is 16.5. The average Bonchev–Trinajstić information content (AvgIpc) is 2.89. The molecule has 0 aliphatic rings. The number of hydrogen-bond acceptors (Lipinski definition) is 4. The normalized spacial score (nSPS) is 10.4. The van der Waals surface area contributed by atoms with Gasteiger partial charge in [0.1, 0.15) is 5.76 Å². The fourth-order valence-electron chi connectivity index (χ4n) is 1.13. The SMILES string of the molecule is CC/C=C/C#CC(=O)c1ccc(/C=C/C(=O)OC)o1. The summed E-state index contributed by atoms with van der Waals surface area (Å²) in [5, 5.41) is 0.